The van der Waals surface area contributed by atoms with Crippen molar-refractivity contribution >= 4 is 5.78 Å². The van der Waals surface area contributed by atoms with Crippen LogP contribution in [-0.2, 0) is 4.79 Å². The first kappa shape index (κ1) is 8.59. The highest BCUT2D eigenvalue weighted by Gasteiger charge is 2.10. The number of hydrogen-bond acceptors (Lipinski definition) is 3. The van der Waals surface area contributed by atoms with E-state index in [-0.39, 0.29) is 5.78 Å². The topological polar surface area (TPSA) is 46.3 Å². The Labute approximate surface area is 55.8 Å². The molecule has 0 rings (SSSR count). The van der Waals surface area contributed by atoms with Crippen molar-refractivity contribution in [1.29, 1.82) is 0 Å². The lowest BCUT2D eigenvalue weighted by Gasteiger charge is -2.19. The average Bonchev–Trinajstić information content (AvgIpc) is 1.84. The fourth-order valence-electron chi connectivity index (χ4n) is 0.507. The van der Waals surface area contributed by atoms with Gasteiger partial charge < -0.3 is 5.73 Å². The van der Waals surface area contributed by atoms with Crippen LogP contribution in [0, 0.1) is 0 Å². The van der Waals surface area contributed by atoms with Crippen LogP contribution < -0.4 is 5.73 Å². The molecule has 1 atom stereocenters. The number of nitrogens with two attached hydrogens (primary N) is 1. The molecule has 0 aromatic carbocycles. The minimum absolute atomic E-state index is 0.0133. The summed E-state index contributed by atoms with van der Waals surface area (Å²) in [5, 5.41) is 0. The lowest BCUT2D eigenvalue weighted by atomic mass is 10.3. The van der Waals surface area contributed by atoms with Crippen LogP contribution in [0.4, 0.5) is 0 Å². The third kappa shape index (κ3) is 2.58. The molecule has 0 saturated carbocycles. The van der Waals surface area contributed by atoms with Crippen LogP contribution in [0.3, 0.4) is 0 Å². The Morgan fingerprint density at radius 3 is 2.33 bits per heavy atom. The predicted molar refractivity (Wildman–Crippen MR) is 37.0 cm³/mol. The van der Waals surface area contributed by atoms with E-state index in [2.05, 4.69) is 0 Å². The number of hydrogen-bond donors (Lipinski definition) is 1. The summed E-state index contributed by atoms with van der Waals surface area (Å²) in [6, 6.07) is 0. The van der Waals surface area contributed by atoms with Gasteiger partial charge in [0, 0.05) is 0 Å². The summed E-state index contributed by atoms with van der Waals surface area (Å²) < 4.78 is 0. The second-order valence-corrected chi connectivity index (χ2v) is 2.13. The van der Waals surface area contributed by atoms with E-state index in [1.807, 2.05) is 14.0 Å². The van der Waals surface area contributed by atoms with Crippen molar-refractivity contribution in [2.24, 2.45) is 5.73 Å². The molecule has 0 spiro atoms. The largest absolute Gasteiger partial charge is 0.309 e. The van der Waals surface area contributed by atoms with Gasteiger partial charge >= 0.3 is 0 Å². The lowest BCUT2D eigenvalue weighted by Crippen LogP contribution is -2.44. The van der Waals surface area contributed by atoms with Crippen LogP contribution >= 0.6 is 0 Å². The van der Waals surface area contributed by atoms with E-state index in [1.54, 1.807) is 4.90 Å². The van der Waals surface area contributed by atoms with Gasteiger partial charge in [-0.05, 0) is 20.5 Å². The van der Waals surface area contributed by atoms with Crippen molar-refractivity contribution in [3.8, 4) is 0 Å². The quantitative estimate of drug-likeness (QED) is 0.539. The van der Waals surface area contributed by atoms with Crippen LogP contribution in [0.5, 0.6) is 0 Å². The smallest absolute Gasteiger partial charge is 0.161 e. The molecule has 0 aliphatic rings. The first-order valence-electron chi connectivity index (χ1n) is 3.05. The van der Waals surface area contributed by atoms with Crippen molar-refractivity contribution in [1.82, 2.24) is 4.90 Å². The molecule has 3 heteroatoms. The van der Waals surface area contributed by atoms with Crippen LogP contribution in [0.25, 0.3) is 0 Å². The molecule has 0 aromatic heterocycles. The number of ketones is 1. The van der Waals surface area contributed by atoms with Gasteiger partial charge in [-0.3, -0.25) is 9.69 Å². The number of nitrogens with zero attached hydrogens (tertiary/aromatic N) is 1. The minimum Gasteiger partial charge on any atom is -0.309 e. The van der Waals surface area contributed by atoms with Crippen molar-refractivity contribution in [3.63, 3.8) is 0 Å². The maximum Gasteiger partial charge on any atom is 0.161 e. The molecule has 0 aromatic rings. The molecule has 54 valence electrons. The zero-order valence-electron chi connectivity index (χ0n) is 6.22. The Balaban J connectivity index is 3.72. The highest BCUT2D eigenvalue weighted by Crippen LogP contribution is 1.87. The summed E-state index contributed by atoms with van der Waals surface area (Å²) in [4.78, 5) is 12.4. The first-order valence-corrected chi connectivity index (χ1v) is 3.05. The molecule has 3 nitrogen and oxygen atoms in total. The molecule has 0 aliphatic heterocycles. The highest BCUT2D eigenvalue weighted by atomic mass is 16.1. The number of carbonyl (C=O) groups excluding carboxylic acids is 1. The van der Waals surface area contributed by atoms with E-state index >= 15 is 0 Å². The van der Waals surface area contributed by atoms with Gasteiger partial charge in [0.15, 0.2) is 5.78 Å². The van der Waals surface area contributed by atoms with Crippen molar-refractivity contribution < 1.29 is 4.79 Å². The van der Waals surface area contributed by atoms with Gasteiger partial charge in [-0.1, -0.05) is 6.92 Å². The van der Waals surface area contributed by atoms with E-state index in [9.17, 15) is 4.79 Å². The summed E-state index contributed by atoms with van der Waals surface area (Å²) in [6.07, 6.45) is -0.421. The molecule has 0 bridgehead atoms. The molecular weight excluding hydrogens is 116 g/mol. The van der Waals surface area contributed by atoms with Crippen molar-refractivity contribution in [2.75, 3.05) is 13.6 Å². The Bertz CT molecular complexity index is 103. The standard InChI is InChI=1S/C6H14N2O/c1-4-8(3)6(7)5(2)9/h6H,4,7H2,1-3H3. The normalized spacial score (nSPS) is 13.9. The Kier molecular flexibility index (Phi) is 3.42. The third-order valence-corrected chi connectivity index (χ3v) is 1.39. The van der Waals surface area contributed by atoms with E-state index in [1.165, 1.54) is 6.92 Å². The maximum absolute atomic E-state index is 10.6. The van der Waals surface area contributed by atoms with E-state index in [0.717, 1.165) is 6.54 Å². The molecule has 0 amide bonds. The van der Waals surface area contributed by atoms with Gasteiger partial charge in [-0.25, -0.2) is 0 Å². The fourth-order valence-corrected chi connectivity index (χ4v) is 0.507. The molecule has 2 N–H and O–H groups in total. The molecule has 0 radical (unpaired) electrons. The molecular formula is C6H14N2O. The Morgan fingerprint density at radius 1 is 1.78 bits per heavy atom. The Morgan fingerprint density at radius 2 is 2.22 bits per heavy atom. The van der Waals surface area contributed by atoms with Crippen molar-refractivity contribution in [2.45, 2.75) is 20.0 Å². The molecule has 0 saturated heterocycles. The zero-order valence-corrected chi connectivity index (χ0v) is 6.22. The minimum atomic E-state index is -0.421. The van der Waals surface area contributed by atoms with Crippen LogP contribution in [0.15, 0.2) is 0 Å². The van der Waals surface area contributed by atoms with E-state index in [4.69, 9.17) is 5.73 Å². The molecule has 9 heavy (non-hydrogen) atoms. The average molecular weight is 130 g/mol. The van der Waals surface area contributed by atoms with Crippen molar-refractivity contribution in [3.05, 3.63) is 0 Å². The molecule has 1 unspecified atom stereocenters. The number of Topliss-reactive ketones (excluding diaryl/α,β-unsaturated/α-hetero) is 1. The van der Waals surface area contributed by atoms with Gasteiger partial charge in [0.2, 0.25) is 0 Å². The summed E-state index contributed by atoms with van der Waals surface area (Å²) in [5.41, 5.74) is 5.45. The van der Waals surface area contributed by atoms with Crippen LogP contribution in [0.2, 0.25) is 0 Å². The molecule has 0 fully saturated rings. The van der Waals surface area contributed by atoms with Gasteiger partial charge in [0.25, 0.3) is 0 Å². The second kappa shape index (κ2) is 3.58. The van der Waals surface area contributed by atoms with Gasteiger partial charge in [0.1, 0.15) is 6.17 Å². The summed E-state index contributed by atoms with van der Waals surface area (Å²) >= 11 is 0. The van der Waals surface area contributed by atoms with Gasteiger partial charge in [-0.15, -0.1) is 0 Å². The first-order chi connectivity index (χ1) is 4.09. The molecule has 0 aliphatic carbocycles. The Hall–Kier alpha value is -0.410. The maximum atomic E-state index is 10.6. The summed E-state index contributed by atoms with van der Waals surface area (Å²) in [6.45, 7) is 4.26. The van der Waals surface area contributed by atoms with E-state index < -0.39 is 6.17 Å². The zero-order chi connectivity index (χ0) is 7.44. The summed E-state index contributed by atoms with van der Waals surface area (Å²) in [7, 11) is 1.83. The number of likely N-dealkylation sites (N-methyl/N-ethyl adjacent to an activating group) is 1. The second-order valence-electron chi connectivity index (χ2n) is 2.13. The number of rotatable bonds is 3. The SMILES string of the molecule is CCN(C)C(N)C(C)=O. The highest BCUT2D eigenvalue weighted by molar-refractivity contribution is 5.80. The van der Waals surface area contributed by atoms with Crippen LogP contribution in [-0.4, -0.2) is 30.4 Å². The van der Waals surface area contributed by atoms with Crippen LogP contribution in [0.1, 0.15) is 13.8 Å². The van der Waals surface area contributed by atoms with E-state index in [0.29, 0.717) is 0 Å². The van der Waals surface area contributed by atoms with Gasteiger partial charge in [-0.2, -0.15) is 0 Å². The summed E-state index contributed by atoms with van der Waals surface area (Å²) in [5.74, 6) is 0.0133. The molecule has 0 heterocycles. The number of carbonyl (C=O) groups is 1. The third-order valence-electron chi connectivity index (χ3n) is 1.39. The lowest BCUT2D eigenvalue weighted by molar-refractivity contribution is -0.121. The fraction of sp³-hybridized carbons (Fsp3) is 0.833. The monoisotopic (exact) mass is 130 g/mol. The predicted octanol–water partition coefficient (Wildman–Crippen LogP) is -0.188. The van der Waals surface area contributed by atoms with Gasteiger partial charge in [0.05, 0.1) is 0 Å².